The lowest BCUT2D eigenvalue weighted by Crippen LogP contribution is -2.51. The first kappa shape index (κ1) is 13.2. The van der Waals surface area contributed by atoms with Crippen LogP contribution >= 0.6 is 12.2 Å². The first-order chi connectivity index (χ1) is 9.10. The van der Waals surface area contributed by atoms with Gasteiger partial charge in [-0.05, 0) is 11.1 Å². The van der Waals surface area contributed by atoms with Crippen molar-refractivity contribution >= 4 is 23.1 Å². The lowest BCUT2D eigenvalue weighted by Gasteiger charge is -2.30. The fourth-order valence-electron chi connectivity index (χ4n) is 2.23. The lowest BCUT2D eigenvalue weighted by atomic mass is 9.73. The van der Waals surface area contributed by atoms with E-state index < -0.39 is 11.3 Å². The molecular weight excluding hydrogens is 256 g/mol. The number of carbonyl (C=O) groups excluding carboxylic acids is 1. The van der Waals surface area contributed by atoms with Gasteiger partial charge in [0.1, 0.15) is 5.41 Å². The number of benzene rings is 2. The predicted octanol–water partition coefficient (Wildman–Crippen LogP) is 1.74. The molecule has 0 spiro atoms. The summed E-state index contributed by atoms with van der Waals surface area (Å²) < 4.78 is 0. The quantitative estimate of drug-likeness (QED) is 0.832. The summed E-state index contributed by atoms with van der Waals surface area (Å²) in [5.41, 5.74) is 11.6. The minimum atomic E-state index is -1.27. The van der Waals surface area contributed by atoms with Crippen LogP contribution < -0.4 is 11.5 Å². The van der Waals surface area contributed by atoms with Crippen LogP contribution in [-0.2, 0) is 10.2 Å². The molecule has 19 heavy (non-hydrogen) atoms. The molecule has 0 fully saturated rings. The molecule has 2 aromatic carbocycles. The van der Waals surface area contributed by atoms with Crippen molar-refractivity contribution in [3.05, 3.63) is 71.8 Å². The lowest BCUT2D eigenvalue weighted by molar-refractivity contribution is -0.120. The Morgan fingerprint density at radius 2 is 1.21 bits per heavy atom. The van der Waals surface area contributed by atoms with Crippen LogP contribution in [0.1, 0.15) is 11.1 Å². The van der Waals surface area contributed by atoms with Gasteiger partial charge in [0.15, 0.2) is 0 Å². The molecule has 4 heteroatoms. The smallest absolute Gasteiger partial charge is 0.239 e. The van der Waals surface area contributed by atoms with Gasteiger partial charge < -0.3 is 11.5 Å². The van der Waals surface area contributed by atoms with Gasteiger partial charge in [0.25, 0.3) is 0 Å². The van der Waals surface area contributed by atoms with Gasteiger partial charge in [-0.1, -0.05) is 72.9 Å². The number of primary amides is 1. The molecule has 0 aromatic heterocycles. The average molecular weight is 270 g/mol. The van der Waals surface area contributed by atoms with E-state index in [9.17, 15) is 4.79 Å². The summed E-state index contributed by atoms with van der Waals surface area (Å²) in [4.78, 5) is 12.2. The summed E-state index contributed by atoms with van der Waals surface area (Å²) >= 11 is 5.15. The van der Waals surface area contributed by atoms with Crippen molar-refractivity contribution in [3.8, 4) is 0 Å². The molecule has 3 nitrogen and oxygen atoms in total. The van der Waals surface area contributed by atoms with E-state index in [2.05, 4.69) is 0 Å². The standard InChI is InChI=1S/C15H14N2OS/c16-13(18)15(14(17)19,11-7-3-1-4-8-11)12-9-5-2-6-10-12/h1-10H,(H2,16,18)(H2,17,19). The maximum Gasteiger partial charge on any atom is 0.239 e. The van der Waals surface area contributed by atoms with E-state index in [4.69, 9.17) is 23.7 Å². The van der Waals surface area contributed by atoms with Gasteiger partial charge in [-0.3, -0.25) is 4.79 Å². The van der Waals surface area contributed by atoms with Crippen LogP contribution in [0.15, 0.2) is 60.7 Å². The fourth-order valence-corrected chi connectivity index (χ4v) is 2.57. The molecule has 0 aliphatic rings. The molecule has 0 aliphatic heterocycles. The van der Waals surface area contributed by atoms with Gasteiger partial charge in [-0.15, -0.1) is 0 Å². The number of carbonyl (C=O) groups is 1. The second-order valence-corrected chi connectivity index (χ2v) is 4.65. The number of nitrogens with two attached hydrogens (primary N) is 2. The van der Waals surface area contributed by atoms with Crippen LogP contribution in [0.2, 0.25) is 0 Å². The van der Waals surface area contributed by atoms with E-state index in [1.165, 1.54) is 0 Å². The second kappa shape index (κ2) is 5.20. The number of hydrogen-bond acceptors (Lipinski definition) is 2. The number of hydrogen-bond donors (Lipinski definition) is 2. The van der Waals surface area contributed by atoms with Gasteiger partial charge in [-0.25, -0.2) is 0 Å². The minimum Gasteiger partial charge on any atom is -0.392 e. The summed E-state index contributed by atoms with van der Waals surface area (Å²) in [6.07, 6.45) is 0. The summed E-state index contributed by atoms with van der Waals surface area (Å²) in [7, 11) is 0. The second-order valence-electron chi connectivity index (χ2n) is 4.21. The van der Waals surface area contributed by atoms with Crippen LogP contribution in [0.3, 0.4) is 0 Å². The highest BCUT2D eigenvalue weighted by Gasteiger charge is 2.43. The molecule has 2 rings (SSSR count). The largest absolute Gasteiger partial charge is 0.392 e. The summed E-state index contributed by atoms with van der Waals surface area (Å²) in [6.45, 7) is 0. The molecule has 1 amide bonds. The van der Waals surface area contributed by atoms with Crippen molar-refractivity contribution in [1.82, 2.24) is 0 Å². The zero-order valence-electron chi connectivity index (χ0n) is 10.2. The summed E-state index contributed by atoms with van der Waals surface area (Å²) in [5.74, 6) is -0.572. The Bertz CT molecular complexity index is 541. The van der Waals surface area contributed by atoms with Crippen LogP contribution in [0.4, 0.5) is 0 Å². The minimum absolute atomic E-state index is 0.0531. The van der Waals surface area contributed by atoms with E-state index in [1.807, 2.05) is 36.4 Å². The molecule has 2 aromatic rings. The zero-order valence-corrected chi connectivity index (χ0v) is 11.1. The van der Waals surface area contributed by atoms with Crippen molar-refractivity contribution < 1.29 is 4.79 Å². The molecule has 96 valence electrons. The number of thiocarbonyl (C=S) groups is 1. The molecule has 0 radical (unpaired) electrons. The van der Waals surface area contributed by atoms with E-state index in [0.717, 1.165) is 0 Å². The molecular formula is C15H14N2OS. The first-order valence-corrected chi connectivity index (χ1v) is 6.22. The van der Waals surface area contributed by atoms with Crippen molar-refractivity contribution in [2.45, 2.75) is 5.41 Å². The highest BCUT2D eigenvalue weighted by atomic mass is 32.1. The monoisotopic (exact) mass is 270 g/mol. The molecule has 4 N–H and O–H groups in total. The van der Waals surface area contributed by atoms with Gasteiger partial charge >= 0.3 is 0 Å². The molecule has 0 unspecified atom stereocenters. The van der Waals surface area contributed by atoms with Gasteiger partial charge in [0.05, 0.1) is 4.99 Å². The topological polar surface area (TPSA) is 69.1 Å². The molecule has 0 heterocycles. The van der Waals surface area contributed by atoms with Crippen molar-refractivity contribution in [1.29, 1.82) is 0 Å². The number of rotatable bonds is 4. The van der Waals surface area contributed by atoms with E-state index in [0.29, 0.717) is 11.1 Å². The van der Waals surface area contributed by atoms with Crippen LogP contribution in [0.5, 0.6) is 0 Å². The molecule has 0 atom stereocenters. The van der Waals surface area contributed by atoms with Crippen molar-refractivity contribution in [2.75, 3.05) is 0 Å². The third kappa shape index (κ3) is 2.11. The zero-order chi connectivity index (χ0) is 13.9. The Labute approximate surface area is 117 Å². The SMILES string of the molecule is NC(=O)C(C(N)=S)(c1ccccc1)c1ccccc1. The van der Waals surface area contributed by atoms with Crippen LogP contribution in [0, 0.1) is 0 Å². The Hall–Kier alpha value is -2.20. The van der Waals surface area contributed by atoms with E-state index >= 15 is 0 Å². The highest BCUT2D eigenvalue weighted by molar-refractivity contribution is 7.80. The fraction of sp³-hybridized carbons (Fsp3) is 0.0667. The predicted molar refractivity (Wildman–Crippen MR) is 79.6 cm³/mol. The average Bonchev–Trinajstić information content (AvgIpc) is 2.41. The molecule has 0 bridgehead atoms. The normalized spacial score (nSPS) is 10.9. The van der Waals surface area contributed by atoms with Gasteiger partial charge in [-0.2, -0.15) is 0 Å². The Morgan fingerprint density at radius 3 is 1.47 bits per heavy atom. The van der Waals surface area contributed by atoms with Gasteiger partial charge in [0.2, 0.25) is 5.91 Å². The van der Waals surface area contributed by atoms with Crippen molar-refractivity contribution in [3.63, 3.8) is 0 Å². The van der Waals surface area contributed by atoms with Crippen LogP contribution in [0.25, 0.3) is 0 Å². The van der Waals surface area contributed by atoms with Crippen molar-refractivity contribution in [2.24, 2.45) is 11.5 Å². The maximum atomic E-state index is 12.1. The maximum absolute atomic E-state index is 12.1. The third-order valence-electron chi connectivity index (χ3n) is 3.15. The first-order valence-electron chi connectivity index (χ1n) is 5.81. The third-order valence-corrected chi connectivity index (χ3v) is 3.46. The van der Waals surface area contributed by atoms with E-state index in [1.54, 1.807) is 24.3 Å². The summed E-state index contributed by atoms with van der Waals surface area (Å²) in [5, 5.41) is 0. The van der Waals surface area contributed by atoms with E-state index in [-0.39, 0.29) is 4.99 Å². The molecule has 0 saturated heterocycles. The Kier molecular flexibility index (Phi) is 3.62. The van der Waals surface area contributed by atoms with Crippen LogP contribution in [-0.4, -0.2) is 10.9 Å². The Morgan fingerprint density at radius 1 is 0.842 bits per heavy atom. The Balaban J connectivity index is 2.77. The summed E-state index contributed by atoms with van der Waals surface area (Å²) in [6, 6.07) is 18.2. The molecule has 0 saturated carbocycles. The molecule has 0 aliphatic carbocycles. The highest BCUT2D eigenvalue weighted by Crippen LogP contribution is 2.32. The number of amides is 1. The van der Waals surface area contributed by atoms with Gasteiger partial charge in [0, 0.05) is 0 Å².